The molecule has 0 radical (unpaired) electrons. The van der Waals surface area contributed by atoms with Crippen molar-refractivity contribution in [3.05, 3.63) is 57.9 Å². The summed E-state index contributed by atoms with van der Waals surface area (Å²) in [4.78, 5) is 12.5. The summed E-state index contributed by atoms with van der Waals surface area (Å²) in [7, 11) is -3.53. The predicted octanol–water partition coefficient (Wildman–Crippen LogP) is 3.55. The molecule has 0 spiro atoms. The molecule has 0 bridgehead atoms. The zero-order chi connectivity index (χ0) is 22.1. The topological polar surface area (TPSA) is 118 Å². The van der Waals surface area contributed by atoms with Crippen LogP contribution in [0.5, 0.6) is 0 Å². The second kappa shape index (κ2) is 8.39. The molecule has 1 amide bonds. The number of amides is 1. The number of nitrogens with zero attached hydrogens (tertiary/aromatic N) is 4. The highest BCUT2D eigenvalue weighted by Gasteiger charge is 2.18. The van der Waals surface area contributed by atoms with Crippen LogP contribution in [0.3, 0.4) is 0 Å². The van der Waals surface area contributed by atoms with Gasteiger partial charge in [-0.15, -0.1) is 10.2 Å². The highest BCUT2D eigenvalue weighted by Crippen LogP contribution is 2.25. The Bertz CT molecular complexity index is 1320. The summed E-state index contributed by atoms with van der Waals surface area (Å²) in [6, 6.07) is 11.1. The molecule has 1 aromatic carbocycles. The van der Waals surface area contributed by atoms with Crippen LogP contribution in [-0.4, -0.2) is 35.3 Å². The van der Waals surface area contributed by atoms with Gasteiger partial charge in [-0.2, -0.15) is 5.26 Å². The molecule has 0 saturated carbocycles. The third-order valence-electron chi connectivity index (χ3n) is 4.15. The Labute approximate surface area is 182 Å². The van der Waals surface area contributed by atoms with Crippen LogP contribution in [0.2, 0.25) is 5.02 Å². The monoisotopic (exact) mass is 461 g/mol. The van der Waals surface area contributed by atoms with Crippen LogP contribution < -0.4 is 5.32 Å². The van der Waals surface area contributed by atoms with Crippen molar-refractivity contribution in [1.29, 1.82) is 5.26 Å². The van der Waals surface area contributed by atoms with Crippen molar-refractivity contribution in [2.24, 2.45) is 0 Å². The van der Waals surface area contributed by atoms with Gasteiger partial charge in [0.2, 0.25) is 19.3 Å². The number of carbonyl (C=O) groups excluding carboxylic acids is 1. The summed E-state index contributed by atoms with van der Waals surface area (Å²) in [5.41, 5.74) is 3.12. The largest absolute Gasteiger partial charge is 0.318 e. The van der Waals surface area contributed by atoms with E-state index in [9.17, 15) is 18.5 Å². The number of hydrogen-bond acceptors (Lipinski definition) is 7. The summed E-state index contributed by atoms with van der Waals surface area (Å²) >= 11 is 6.81. The van der Waals surface area contributed by atoms with Gasteiger partial charge in [0.05, 0.1) is 0 Å². The second-order valence-corrected chi connectivity index (χ2v) is 10.0. The van der Waals surface area contributed by atoms with Gasteiger partial charge in [-0.25, -0.2) is 8.42 Å². The number of halogens is 1. The summed E-state index contributed by atoms with van der Waals surface area (Å²) in [5, 5.41) is 19.6. The number of sulfone groups is 1. The Balaban J connectivity index is 1.91. The van der Waals surface area contributed by atoms with E-state index in [-0.39, 0.29) is 15.0 Å². The molecule has 0 unspecified atom stereocenters. The maximum atomic E-state index is 12.5. The molecule has 2 heterocycles. The summed E-state index contributed by atoms with van der Waals surface area (Å²) in [5.74, 6) is -0.707. The lowest BCUT2D eigenvalue weighted by molar-refractivity contribution is -0.112. The Morgan fingerprint density at radius 2 is 2.03 bits per heavy atom. The van der Waals surface area contributed by atoms with Gasteiger partial charge in [0.25, 0.3) is 5.91 Å². The van der Waals surface area contributed by atoms with Crippen molar-refractivity contribution >= 4 is 49.9 Å². The van der Waals surface area contributed by atoms with Crippen molar-refractivity contribution in [2.45, 2.75) is 18.2 Å². The van der Waals surface area contributed by atoms with Crippen LogP contribution >= 0.6 is 22.9 Å². The Morgan fingerprint density at radius 1 is 1.30 bits per heavy atom. The van der Waals surface area contributed by atoms with Gasteiger partial charge in [0.15, 0.2) is 0 Å². The van der Waals surface area contributed by atoms with E-state index in [4.69, 9.17) is 11.6 Å². The SMILES string of the molecule is Cc1cc(C=C(C#N)C(=O)Nc2nnc(S(C)(=O)=O)s2)c(C)n1-c1cccc(Cl)c1. The molecule has 0 aliphatic carbocycles. The number of anilines is 1. The molecule has 0 fully saturated rings. The molecule has 2 aromatic heterocycles. The number of carbonyl (C=O) groups is 1. The molecule has 0 aliphatic heterocycles. The highest BCUT2D eigenvalue weighted by atomic mass is 35.5. The van der Waals surface area contributed by atoms with Crippen molar-refractivity contribution in [1.82, 2.24) is 14.8 Å². The predicted molar refractivity (Wildman–Crippen MR) is 115 cm³/mol. The third-order valence-corrected chi connectivity index (χ3v) is 6.89. The Morgan fingerprint density at radius 3 is 2.63 bits per heavy atom. The number of aromatic nitrogens is 3. The number of aryl methyl sites for hydroxylation is 1. The van der Waals surface area contributed by atoms with E-state index >= 15 is 0 Å². The fourth-order valence-electron chi connectivity index (χ4n) is 2.82. The molecule has 1 N–H and O–H groups in total. The Hall–Kier alpha value is -3.00. The molecule has 154 valence electrons. The normalized spacial score (nSPS) is 11.9. The van der Waals surface area contributed by atoms with Crippen molar-refractivity contribution in [3.8, 4) is 11.8 Å². The van der Waals surface area contributed by atoms with Gasteiger partial charge < -0.3 is 4.57 Å². The summed E-state index contributed by atoms with van der Waals surface area (Å²) in [6.45, 7) is 3.78. The van der Waals surface area contributed by atoms with E-state index < -0.39 is 15.7 Å². The smallest absolute Gasteiger partial charge is 0.268 e. The maximum absolute atomic E-state index is 12.5. The molecule has 3 rings (SSSR count). The lowest BCUT2D eigenvalue weighted by Gasteiger charge is -2.10. The van der Waals surface area contributed by atoms with Crippen LogP contribution in [0.15, 0.2) is 40.2 Å². The van der Waals surface area contributed by atoms with Gasteiger partial charge in [-0.1, -0.05) is 29.0 Å². The van der Waals surface area contributed by atoms with E-state index in [2.05, 4.69) is 15.5 Å². The second-order valence-electron chi connectivity index (χ2n) is 6.41. The number of rotatable bonds is 5. The number of nitrogens with one attached hydrogen (secondary N) is 1. The first-order valence-corrected chi connectivity index (χ1v) is 11.6. The van der Waals surface area contributed by atoms with Gasteiger partial charge in [0, 0.05) is 28.4 Å². The zero-order valence-electron chi connectivity index (χ0n) is 16.2. The van der Waals surface area contributed by atoms with Gasteiger partial charge in [-0.05, 0) is 49.8 Å². The minimum absolute atomic E-state index is 0.00836. The van der Waals surface area contributed by atoms with Crippen LogP contribution in [0, 0.1) is 25.2 Å². The average Bonchev–Trinajstić information content (AvgIpc) is 3.24. The standard InChI is InChI=1S/C19H16ClN5O3S2/c1-11-7-13(12(2)25(11)16-6-4-5-15(20)9-16)8-14(10-21)17(26)22-18-23-24-19(29-18)30(3,27)28/h4-9H,1-3H3,(H,22,23,26). The molecule has 0 saturated heterocycles. The van der Waals surface area contributed by atoms with Crippen LogP contribution in [0.1, 0.15) is 17.0 Å². The summed E-state index contributed by atoms with van der Waals surface area (Å²) in [6.07, 6.45) is 2.46. The Kier molecular flexibility index (Phi) is 6.07. The molecular weight excluding hydrogens is 446 g/mol. The van der Waals surface area contributed by atoms with Gasteiger partial charge in [0.1, 0.15) is 11.6 Å². The van der Waals surface area contributed by atoms with Crippen molar-refractivity contribution < 1.29 is 13.2 Å². The van der Waals surface area contributed by atoms with E-state index in [1.807, 2.05) is 48.7 Å². The molecule has 0 aliphatic rings. The summed E-state index contributed by atoms with van der Waals surface area (Å²) < 4.78 is 24.7. The highest BCUT2D eigenvalue weighted by molar-refractivity contribution is 7.92. The number of benzene rings is 1. The first kappa shape index (κ1) is 21.7. The molecular formula is C19H16ClN5O3S2. The minimum Gasteiger partial charge on any atom is -0.318 e. The van der Waals surface area contributed by atoms with Crippen molar-refractivity contribution in [3.63, 3.8) is 0 Å². The first-order chi connectivity index (χ1) is 14.1. The lowest BCUT2D eigenvalue weighted by Crippen LogP contribution is -2.13. The quantitative estimate of drug-likeness (QED) is 0.352. The average molecular weight is 462 g/mol. The lowest BCUT2D eigenvalue weighted by atomic mass is 10.1. The van der Waals surface area contributed by atoms with E-state index in [0.717, 1.165) is 23.3 Å². The third kappa shape index (κ3) is 4.59. The number of nitriles is 1. The van der Waals surface area contributed by atoms with Gasteiger partial charge in [-0.3, -0.25) is 10.1 Å². The molecule has 3 aromatic rings. The van der Waals surface area contributed by atoms with E-state index in [1.165, 1.54) is 6.08 Å². The van der Waals surface area contributed by atoms with Gasteiger partial charge >= 0.3 is 0 Å². The van der Waals surface area contributed by atoms with E-state index in [1.54, 1.807) is 6.07 Å². The van der Waals surface area contributed by atoms with Crippen LogP contribution in [0.25, 0.3) is 11.8 Å². The minimum atomic E-state index is -3.53. The maximum Gasteiger partial charge on any atom is 0.268 e. The van der Waals surface area contributed by atoms with Crippen LogP contribution in [-0.2, 0) is 14.6 Å². The zero-order valence-corrected chi connectivity index (χ0v) is 18.6. The fourth-order valence-corrected chi connectivity index (χ4v) is 4.51. The van der Waals surface area contributed by atoms with E-state index in [0.29, 0.717) is 21.9 Å². The molecule has 8 nitrogen and oxygen atoms in total. The number of hydrogen-bond donors (Lipinski definition) is 1. The molecule has 0 atom stereocenters. The molecule has 11 heteroatoms. The fraction of sp³-hybridized carbons (Fsp3) is 0.158. The first-order valence-electron chi connectivity index (χ1n) is 8.51. The van der Waals surface area contributed by atoms with Crippen LogP contribution in [0.4, 0.5) is 5.13 Å². The molecule has 30 heavy (non-hydrogen) atoms. The van der Waals surface area contributed by atoms with Crippen molar-refractivity contribution in [2.75, 3.05) is 11.6 Å².